The Balaban J connectivity index is 2.15. The van der Waals surface area contributed by atoms with Crippen LogP contribution in [0.5, 0.6) is 0 Å². The van der Waals surface area contributed by atoms with Crippen LogP contribution in [0.4, 0.5) is 11.4 Å². The molecule has 0 saturated carbocycles. The van der Waals surface area contributed by atoms with Crippen LogP contribution < -0.4 is 10.2 Å². The van der Waals surface area contributed by atoms with Gasteiger partial charge in [0.2, 0.25) is 0 Å². The minimum Gasteiger partial charge on any atom is -0.364 e. The van der Waals surface area contributed by atoms with E-state index in [9.17, 15) is 4.79 Å². The molecule has 114 valence electrons. The highest BCUT2D eigenvalue weighted by Crippen LogP contribution is 2.37. The number of halogens is 1. The summed E-state index contributed by atoms with van der Waals surface area (Å²) in [6.45, 7) is 6.36. The lowest BCUT2D eigenvalue weighted by Gasteiger charge is -2.44. The van der Waals surface area contributed by atoms with E-state index in [0.29, 0.717) is 10.6 Å². The molecule has 1 amide bonds. The Morgan fingerprint density at radius 3 is 2.41 bits per heavy atom. The Morgan fingerprint density at radius 1 is 1.09 bits per heavy atom. The van der Waals surface area contributed by atoms with Gasteiger partial charge in [0, 0.05) is 21.8 Å². The number of carbonyl (C=O) groups excluding carboxylic acids is 1. The molecule has 0 radical (unpaired) electrons. The number of rotatable bonds is 1. The van der Waals surface area contributed by atoms with Crippen molar-refractivity contribution in [1.82, 2.24) is 0 Å². The summed E-state index contributed by atoms with van der Waals surface area (Å²) in [4.78, 5) is 14.9. The fraction of sp³-hybridized carbons (Fsp3) is 0.278. The normalized spacial score (nSPS) is 17.9. The van der Waals surface area contributed by atoms with Crippen LogP contribution in [0.2, 0.25) is 5.02 Å². The summed E-state index contributed by atoms with van der Waals surface area (Å²) < 4.78 is 0. The molecule has 1 unspecified atom stereocenters. The van der Waals surface area contributed by atoms with E-state index in [-0.39, 0.29) is 17.5 Å². The molecular formula is C18H19ClN2O. The van der Waals surface area contributed by atoms with E-state index in [1.165, 1.54) is 0 Å². The molecule has 1 aliphatic rings. The first-order valence-electron chi connectivity index (χ1n) is 7.32. The molecule has 0 aliphatic carbocycles. The summed E-state index contributed by atoms with van der Waals surface area (Å²) in [5.74, 6) is -0.0256. The molecule has 0 aromatic heterocycles. The van der Waals surface area contributed by atoms with Gasteiger partial charge in [-0.25, -0.2) is 0 Å². The zero-order valence-corrected chi connectivity index (χ0v) is 13.7. The summed E-state index contributed by atoms with van der Waals surface area (Å²) in [6, 6.07) is 15.1. The molecule has 3 rings (SSSR count). The maximum absolute atomic E-state index is 13.1. The van der Waals surface area contributed by atoms with Gasteiger partial charge in [-0.1, -0.05) is 50.6 Å². The van der Waals surface area contributed by atoms with Crippen molar-refractivity contribution in [3.63, 3.8) is 0 Å². The zero-order valence-electron chi connectivity index (χ0n) is 12.9. The number of anilines is 2. The highest BCUT2D eigenvalue weighted by molar-refractivity contribution is 6.31. The third-order valence-corrected chi connectivity index (χ3v) is 4.07. The Morgan fingerprint density at radius 2 is 1.77 bits per heavy atom. The van der Waals surface area contributed by atoms with E-state index >= 15 is 0 Å². The van der Waals surface area contributed by atoms with Crippen molar-refractivity contribution in [1.29, 1.82) is 0 Å². The number of hydrogen-bond donors (Lipinski definition) is 1. The van der Waals surface area contributed by atoms with E-state index in [1.807, 2.05) is 41.3 Å². The van der Waals surface area contributed by atoms with Crippen LogP contribution in [0.3, 0.4) is 0 Å². The first kappa shape index (κ1) is 14.9. The van der Waals surface area contributed by atoms with E-state index in [1.54, 1.807) is 12.1 Å². The predicted octanol–water partition coefficient (Wildman–Crippen LogP) is 4.78. The minimum atomic E-state index is -0.129. The third kappa shape index (κ3) is 2.57. The standard InChI is InChI=1S/C18H19ClN2O/c1-18(2,3)17-20-15-10-9-12(19)11-14(15)16(22)21(17)13-7-5-4-6-8-13/h4-11,17,20H,1-3H3. The van der Waals surface area contributed by atoms with Crippen LogP contribution in [-0.2, 0) is 0 Å². The molecule has 4 heteroatoms. The van der Waals surface area contributed by atoms with Gasteiger partial charge in [0.05, 0.1) is 5.56 Å². The smallest absolute Gasteiger partial charge is 0.262 e. The minimum absolute atomic E-state index is 0.0256. The fourth-order valence-corrected chi connectivity index (χ4v) is 2.91. The predicted molar refractivity (Wildman–Crippen MR) is 91.6 cm³/mol. The number of carbonyl (C=O) groups is 1. The molecule has 1 aliphatic heterocycles. The molecule has 2 aromatic carbocycles. The molecule has 2 aromatic rings. The second-order valence-electron chi connectivity index (χ2n) is 6.61. The van der Waals surface area contributed by atoms with Crippen LogP contribution in [-0.4, -0.2) is 12.1 Å². The van der Waals surface area contributed by atoms with Crippen molar-refractivity contribution in [3.05, 3.63) is 59.1 Å². The first-order chi connectivity index (χ1) is 10.4. The highest BCUT2D eigenvalue weighted by Gasteiger charge is 2.39. The van der Waals surface area contributed by atoms with Gasteiger partial charge in [0.1, 0.15) is 6.17 Å². The molecule has 3 nitrogen and oxygen atoms in total. The second kappa shape index (κ2) is 5.33. The van der Waals surface area contributed by atoms with Crippen LogP contribution in [0.1, 0.15) is 31.1 Å². The number of fused-ring (bicyclic) bond motifs is 1. The number of nitrogens with zero attached hydrogens (tertiary/aromatic N) is 1. The lowest BCUT2D eigenvalue weighted by molar-refractivity contribution is 0.0955. The number of amides is 1. The summed E-state index contributed by atoms with van der Waals surface area (Å²) in [7, 11) is 0. The van der Waals surface area contributed by atoms with Crippen molar-refractivity contribution in [2.75, 3.05) is 10.2 Å². The van der Waals surface area contributed by atoms with Crippen LogP contribution >= 0.6 is 11.6 Å². The number of nitrogens with one attached hydrogen (secondary N) is 1. The third-order valence-electron chi connectivity index (χ3n) is 3.84. The number of para-hydroxylation sites is 1. The van der Waals surface area contributed by atoms with Crippen molar-refractivity contribution >= 4 is 28.9 Å². The molecule has 1 atom stereocenters. The van der Waals surface area contributed by atoms with Gasteiger partial charge in [-0.3, -0.25) is 9.69 Å². The van der Waals surface area contributed by atoms with Gasteiger partial charge in [0.15, 0.2) is 0 Å². The Hall–Kier alpha value is -2.00. The highest BCUT2D eigenvalue weighted by atomic mass is 35.5. The molecule has 0 saturated heterocycles. The molecule has 1 heterocycles. The van der Waals surface area contributed by atoms with E-state index in [0.717, 1.165) is 11.4 Å². The maximum atomic E-state index is 13.1. The molecule has 22 heavy (non-hydrogen) atoms. The molecule has 1 N–H and O–H groups in total. The molecule has 0 bridgehead atoms. The van der Waals surface area contributed by atoms with Gasteiger partial charge >= 0.3 is 0 Å². The maximum Gasteiger partial charge on any atom is 0.262 e. The summed E-state index contributed by atoms with van der Waals surface area (Å²) in [5, 5.41) is 4.06. The Kier molecular flexibility index (Phi) is 3.61. The Labute approximate surface area is 135 Å². The summed E-state index contributed by atoms with van der Waals surface area (Å²) >= 11 is 6.06. The summed E-state index contributed by atoms with van der Waals surface area (Å²) in [5.41, 5.74) is 2.20. The number of benzene rings is 2. The average molecular weight is 315 g/mol. The van der Waals surface area contributed by atoms with E-state index in [4.69, 9.17) is 11.6 Å². The largest absolute Gasteiger partial charge is 0.364 e. The second-order valence-corrected chi connectivity index (χ2v) is 7.05. The SMILES string of the molecule is CC(C)(C)C1Nc2ccc(Cl)cc2C(=O)N1c1ccccc1. The average Bonchev–Trinajstić information content (AvgIpc) is 2.47. The van der Waals surface area contributed by atoms with Gasteiger partial charge in [-0.05, 0) is 30.3 Å². The van der Waals surface area contributed by atoms with Gasteiger partial charge in [-0.15, -0.1) is 0 Å². The van der Waals surface area contributed by atoms with Crippen molar-refractivity contribution < 1.29 is 4.79 Å². The van der Waals surface area contributed by atoms with Crippen LogP contribution in [0.25, 0.3) is 0 Å². The van der Waals surface area contributed by atoms with Crippen molar-refractivity contribution in [3.8, 4) is 0 Å². The lowest BCUT2D eigenvalue weighted by atomic mass is 9.88. The fourth-order valence-electron chi connectivity index (χ4n) is 2.74. The lowest BCUT2D eigenvalue weighted by Crippen LogP contribution is -2.55. The molecule has 0 spiro atoms. The van der Waals surface area contributed by atoms with Crippen LogP contribution in [0.15, 0.2) is 48.5 Å². The number of hydrogen-bond acceptors (Lipinski definition) is 2. The van der Waals surface area contributed by atoms with Crippen molar-refractivity contribution in [2.45, 2.75) is 26.9 Å². The molecule has 0 fully saturated rings. The topological polar surface area (TPSA) is 32.3 Å². The summed E-state index contributed by atoms with van der Waals surface area (Å²) in [6.07, 6.45) is -0.129. The van der Waals surface area contributed by atoms with E-state index < -0.39 is 0 Å². The molecular weight excluding hydrogens is 296 g/mol. The van der Waals surface area contributed by atoms with Crippen LogP contribution in [0, 0.1) is 5.41 Å². The van der Waals surface area contributed by atoms with Gasteiger partial charge in [0.25, 0.3) is 5.91 Å². The van der Waals surface area contributed by atoms with Gasteiger partial charge < -0.3 is 5.32 Å². The quantitative estimate of drug-likeness (QED) is 0.821. The Bertz CT molecular complexity index is 707. The van der Waals surface area contributed by atoms with Crippen molar-refractivity contribution in [2.24, 2.45) is 5.41 Å². The monoisotopic (exact) mass is 314 g/mol. The van der Waals surface area contributed by atoms with E-state index in [2.05, 4.69) is 26.1 Å². The zero-order chi connectivity index (χ0) is 15.9. The van der Waals surface area contributed by atoms with Gasteiger partial charge in [-0.2, -0.15) is 0 Å². The first-order valence-corrected chi connectivity index (χ1v) is 7.70.